The van der Waals surface area contributed by atoms with Crippen LogP contribution in [0.2, 0.25) is 5.02 Å². The number of nitrogens with one attached hydrogen (secondary N) is 1. The van der Waals surface area contributed by atoms with Crippen LogP contribution in [0, 0.1) is 5.82 Å². The molecule has 0 saturated heterocycles. The van der Waals surface area contributed by atoms with Gasteiger partial charge in [0.25, 0.3) is 5.56 Å². The summed E-state index contributed by atoms with van der Waals surface area (Å²) in [6.07, 6.45) is 2.12. The lowest BCUT2D eigenvalue weighted by Gasteiger charge is -2.16. The summed E-state index contributed by atoms with van der Waals surface area (Å²) in [5, 5.41) is 7.13. The number of anilines is 1. The van der Waals surface area contributed by atoms with E-state index in [0.717, 1.165) is 5.56 Å². The molecule has 1 aromatic carbocycles. The Labute approximate surface area is 121 Å². The molecule has 20 heavy (non-hydrogen) atoms. The fourth-order valence-corrected chi connectivity index (χ4v) is 2.17. The molecule has 0 radical (unpaired) electrons. The van der Waals surface area contributed by atoms with E-state index in [-0.39, 0.29) is 22.4 Å². The summed E-state index contributed by atoms with van der Waals surface area (Å²) in [5.74, 6) is -0.261. The Bertz CT molecular complexity index is 672. The molecule has 2 rings (SSSR count). The molecule has 0 aliphatic carbocycles. The normalized spacial score (nSPS) is 12.2. The molecule has 0 aliphatic rings. The second-order valence-corrected chi connectivity index (χ2v) is 5.06. The van der Waals surface area contributed by atoms with Crippen LogP contribution in [0.25, 0.3) is 0 Å². The fourth-order valence-electron chi connectivity index (χ4n) is 1.95. The van der Waals surface area contributed by atoms with Crippen LogP contribution in [0.5, 0.6) is 0 Å². The van der Waals surface area contributed by atoms with Gasteiger partial charge < -0.3 is 5.32 Å². The maximum Gasteiger partial charge on any atom is 0.287 e. The summed E-state index contributed by atoms with van der Waals surface area (Å²) < 4.78 is 14.3. The minimum Gasteiger partial charge on any atom is -0.380 e. The molecule has 1 atom stereocenters. The molecule has 6 heteroatoms. The lowest BCUT2D eigenvalue weighted by molar-refractivity contribution is 0.624. The quantitative estimate of drug-likeness (QED) is 0.943. The van der Waals surface area contributed by atoms with E-state index >= 15 is 0 Å². The van der Waals surface area contributed by atoms with Gasteiger partial charge in [-0.3, -0.25) is 4.79 Å². The van der Waals surface area contributed by atoms with Crippen LogP contribution >= 0.6 is 11.6 Å². The number of benzene rings is 1. The minimum atomic E-state index is -0.352. The van der Waals surface area contributed by atoms with Gasteiger partial charge in [-0.2, -0.15) is 5.10 Å². The maximum absolute atomic E-state index is 13.1. The molecule has 1 heterocycles. The molecule has 1 N–H and O–H groups in total. The number of halogens is 2. The van der Waals surface area contributed by atoms with Gasteiger partial charge in [0, 0.05) is 13.1 Å². The maximum atomic E-state index is 13.1. The zero-order valence-corrected chi connectivity index (χ0v) is 12.0. The summed E-state index contributed by atoms with van der Waals surface area (Å²) in [6, 6.07) is 6.41. The highest BCUT2D eigenvalue weighted by molar-refractivity contribution is 6.32. The van der Waals surface area contributed by atoms with E-state index in [1.54, 1.807) is 6.07 Å². The SMILES string of the molecule is CC(Cc1cccc(F)c1)Nc1cnn(C)c(=O)c1Cl. The summed E-state index contributed by atoms with van der Waals surface area (Å²) in [6.45, 7) is 1.93. The Kier molecular flexibility index (Phi) is 4.39. The number of hydrogen-bond acceptors (Lipinski definition) is 3. The van der Waals surface area contributed by atoms with Crippen molar-refractivity contribution in [2.45, 2.75) is 19.4 Å². The third-order valence-corrected chi connectivity index (χ3v) is 3.28. The van der Waals surface area contributed by atoms with E-state index in [1.807, 2.05) is 13.0 Å². The Hall–Kier alpha value is -1.88. The smallest absolute Gasteiger partial charge is 0.287 e. The standard InChI is InChI=1S/C14H15ClFN3O/c1-9(6-10-4-3-5-11(16)7-10)18-12-8-17-19(2)14(20)13(12)15/h3-5,7-9,18H,6H2,1-2H3. The van der Waals surface area contributed by atoms with Crippen molar-refractivity contribution in [1.29, 1.82) is 0 Å². The van der Waals surface area contributed by atoms with E-state index in [0.29, 0.717) is 12.1 Å². The van der Waals surface area contributed by atoms with Gasteiger partial charge in [-0.05, 0) is 31.0 Å². The van der Waals surface area contributed by atoms with Gasteiger partial charge in [-0.15, -0.1) is 0 Å². The van der Waals surface area contributed by atoms with E-state index < -0.39 is 0 Å². The van der Waals surface area contributed by atoms with Crippen LogP contribution in [0.3, 0.4) is 0 Å². The van der Waals surface area contributed by atoms with Crippen LogP contribution < -0.4 is 10.9 Å². The van der Waals surface area contributed by atoms with E-state index in [4.69, 9.17) is 11.6 Å². The Morgan fingerprint density at radius 1 is 1.50 bits per heavy atom. The van der Waals surface area contributed by atoms with Crippen molar-refractivity contribution in [3.8, 4) is 0 Å². The molecular weight excluding hydrogens is 281 g/mol. The van der Waals surface area contributed by atoms with Crippen LogP contribution in [-0.2, 0) is 13.5 Å². The minimum absolute atomic E-state index is 0.0109. The van der Waals surface area contributed by atoms with E-state index in [2.05, 4.69) is 10.4 Å². The topological polar surface area (TPSA) is 46.9 Å². The number of rotatable bonds is 4. The summed E-state index contributed by atoms with van der Waals surface area (Å²) >= 11 is 5.97. The third-order valence-electron chi connectivity index (χ3n) is 2.91. The highest BCUT2D eigenvalue weighted by atomic mass is 35.5. The first-order chi connectivity index (χ1) is 9.47. The van der Waals surface area contributed by atoms with Crippen LogP contribution in [-0.4, -0.2) is 15.8 Å². The van der Waals surface area contributed by atoms with Crippen LogP contribution in [0.15, 0.2) is 35.3 Å². The highest BCUT2D eigenvalue weighted by Gasteiger charge is 2.10. The molecule has 2 aromatic rings. The Morgan fingerprint density at radius 2 is 2.25 bits per heavy atom. The van der Waals surface area contributed by atoms with Gasteiger partial charge >= 0.3 is 0 Å². The first-order valence-corrected chi connectivity index (χ1v) is 6.58. The van der Waals surface area contributed by atoms with E-state index in [9.17, 15) is 9.18 Å². The van der Waals surface area contributed by atoms with Gasteiger partial charge in [-0.25, -0.2) is 9.07 Å². The van der Waals surface area contributed by atoms with Crippen molar-refractivity contribution >= 4 is 17.3 Å². The van der Waals surface area contributed by atoms with Crippen molar-refractivity contribution in [1.82, 2.24) is 9.78 Å². The van der Waals surface area contributed by atoms with Crippen molar-refractivity contribution in [2.75, 3.05) is 5.32 Å². The van der Waals surface area contributed by atoms with Crippen molar-refractivity contribution < 1.29 is 4.39 Å². The Morgan fingerprint density at radius 3 is 2.95 bits per heavy atom. The monoisotopic (exact) mass is 295 g/mol. The largest absolute Gasteiger partial charge is 0.380 e. The number of aryl methyl sites for hydroxylation is 1. The highest BCUT2D eigenvalue weighted by Crippen LogP contribution is 2.17. The molecule has 0 fully saturated rings. The molecule has 0 bridgehead atoms. The first-order valence-electron chi connectivity index (χ1n) is 6.20. The molecule has 1 unspecified atom stereocenters. The van der Waals surface area contributed by atoms with Crippen LogP contribution in [0.4, 0.5) is 10.1 Å². The van der Waals surface area contributed by atoms with Gasteiger partial charge in [0.05, 0.1) is 11.9 Å². The second kappa shape index (κ2) is 6.05. The Balaban J connectivity index is 2.10. The van der Waals surface area contributed by atoms with Gasteiger partial charge in [0.1, 0.15) is 10.8 Å². The lowest BCUT2D eigenvalue weighted by atomic mass is 10.1. The van der Waals surface area contributed by atoms with Crippen LogP contribution in [0.1, 0.15) is 12.5 Å². The number of nitrogens with zero attached hydrogens (tertiary/aromatic N) is 2. The zero-order chi connectivity index (χ0) is 14.7. The number of hydrogen-bond donors (Lipinski definition) is 1. The molecular formula is C14H15ClFN3O. The number of aromatic nitrogens is 2. The summed E-state index contributed by atoms with van der Waals surface area (Å²) in [7, 11) is 1.54. The summed E-state index contributed by atoms with van der Waals surface area (Å²) in [4.78, 5) is 11.7. The molecule has 0 aliphatic heterocycles. The first kappa shape index (κ1) is 14.5. The molecule has 0 spiro atoms. The second-order valence-electron chi connectivity index (χ2n) is 4.68. The van der Waals surface area contributed by atoms with Gasteiger partial charge in [-0.1, -0.05) is 23.7 Å². The average Bonchev–Trinajstić information content (AvgIpc) is 2.39. The van der Waals surface area contributed by atoms with Crippen molar-refractivity contribution in [2.24, 2.45) is 7.05 Å². The fraction of sp³-hybridized carbons (Fsp3) is 0.286. The molecule has 1 aromatic heterocycles. The average molecular weight is 296 g/mol. The molecule has 0 amide bonds. The zero-order valence-electron chi connectivity index (χ0n) is 11.2. The summed E-state index contributed by atoms with van der Waals surface area (Å²) in [5.41, 5.74) is 1.01. The van der Waals surface area contributed by atoms with Crippen molar-refractivity contribution in [3.05, 3.63) is 57.2 Å². The predicted molar refractivity (Wildman–Crippen MR) is 77.7 cm³/mol. The van der Waals surface area contributed by atoms with E-state index in [1.165, 1.54) is 30.1 Å². The molecule has 4 nitrogen and oxygen atoms in total. The lowest BCUT2D eigenvalue weighted by Crippen LogP contribution is -2.24. The van der Waals surface area contributed by atoms with Gasteiger partial charge in [0.15, 0.2) is 0 Å². The third kappa shape index (κ3) is 3.36. The van der Waals surface area contributed by atoms with Gasteiger partial charge in [0.2, 0.25) is 0 Å². The predicted octanol–water partition coefficient (Wildman–Crippen LogP) is 2.62. The van der Waals surface area contributed by atoms with Crippen molar-refractivity contribution in [3.63, 3.8) is 0 Å². The molecule has 0 saturated carbocycles. The molecule has 106 valence electrons.